The molecule has 1 aromatic carbocycles. The predicted molar refractivity (Wildman–Crippen MR) is 74.6 cm³/mol. The fourth-order valence-electron chi connectivity index (χ4n) is 1.66. The van der Waals surface area contributed by atoms with Crippen molar-refractivity contribution in [2.24, 2.45) is 10.9 Å². The van der Waals surface area contributed by atoms with Crippen LogP contribution in [0.1, 0.15) is 16.8 Å². The molecular weight excluding hydrogens is 280 g/mol. The summed E-state index contributed by atoms with van der Waals surface area (Å²) in [6.07, 6.45) is -0.223. The summed E-state index contributed by atoms with van der Waals surface area (Å²) in [6, 6.07) is 8.51. The fraction of sp³-hybridized carbons (Fsp3) is 0.231. The minimum atomic E-state index is -1.02. The van der Waals surface area contributed by atoms with Gasteiger partial charge in [0.05, 0.1) is 12.3 Å². The van der Waals surface area contributed by atoms with E-state index in [4.69, 9.17) is 5.11 Å². The van der Waals surface area contributed by atoms with Crippen molar-refractivity contribution >= 4 is 34.7 Å². The van der Waals surface area contributed by atoms with Gasteiger partial charge in [0.2, 0.25) is 5.91 Å². The SMILES string of the molecule is O=C(O)C[C@H]1CSC(=NC(=O)c2ccccc2)NC1=O. The lowest BCUT2D eigenvalue weighted by atomic mass is 10.1. The van der Waals surface area contributed by atoms with Crippen LogP contribution in [0.5, 0.6) is 0 Å². The molecule has 2 N–H and O–H groups in total. The molecule has 2 amide bonds. The number of amidine groups is 1. The third-order valence-electron chi connectivity index (χ3n) is 2.67. The van der Waals surface area contributed by atoms with E-state index >= 15 is 0 Å². The molecule has 1 saturated heterocycles. The summed E-state index contributed by atoms with van der Waals surface area (Å²) in [7, 11) is 0. The summed E-state index contributed by atoms with van der Waals surface area (Å²) in [5.41, 5.74) is 0.433. The Bertz CT molecular complexity index is 571. The normalized spacial score (nSPS) is 20.5. The van der Waals surface area contributed by atoms with Gasteiger partial charge in [-0.25, -0.2) is 0 Å². The molecule has 7 heteroatoms. The van der Waals surface area contributed by atoms with Crippen molar-refractivity contribution in [2.45, 2.75) is 6.42 Å². The van der Waals surface area contributed by atoms with Crippen molar-refractivity contribution in [1.82, 2.24) is 5.32 Å². The van der Waals surface area contributed by atoms with Crippen LogP contribution in [-0.2, 0) is 9.59 Å². The van der Waals surface area contributed by atoms with E-state index < -0.39 is 23.7 Å². The Morgan fingerprint density at radius 2 is 2.05 bits per heavy atom. The van der Waals surface area contributed by atoms with Crippen molar-refractivity contribution in [3.8, 4) is 0 Å². The maximum atomic E-state index is 11.8. The van der Waals surface area contributed by atoms with Gasteiger partial charge in [0.15, 0.2) is 5.17 Å². The third kappa shape index (κ3) is 3.67. The molecule has 0 aromatic heterocycles. The highest BCUT2D eigenvalue weighted by Gasteiger charge is 2.28. The quantitative estimate of drug-likeness (QED) is 0.871. The van der Waals surface area contributed by atoms with Crippen LogP contribution in [0.4, 0.5) is 0 Å². The summed E-state index contributed by atoms with van der Waals surface area (Å²) < 4.78 is 0. The van der Waals surface area contributed by atoms with E-state index in [0.717, 1.165) is 0 Å². The van der Waals surface area contributed by atoms with Crippen LogP contribution in [0.25, 0.3) is 0 Å². The van der Waals surface area contributed by atoms with E-state index in [1.807, 2.05) is 0 Å². The first-order valence-corrected chi connectivity index (χ1v) is 6.88. The van der Waals surface area contributed by atoms with Gasteiger partial charge in [-0.15, -0.1) is 0 Å². The van der Waals surface area contributed by atoms with Crippen molar-refractivity contribution in [3.63, 3.8) is 0 Å². The first-order valence-electron chi connectivity index (χ1n) is 5.90. The van der Waals surface area contributed by atoms with Gasteiger partial charge < -0.3 is 10.4 Å². The summed E-state index contributed by atoms with van der Waals surface area (Å²) in [4.78, 5) is 37.9. The highest BCUT2D eigenvalue weighted by Crippen LogP contribution is 2.19. The second-order valence-corrected chi connectivity index (χ2v) is 5.19. The number of nitrogens with zero attached hydrogens (tertiary/aromatic N) is 1. The van der Waals surface area contributed by atoms with Crippen LogP contribution in [0, 0.1) is 5.92 Å². The van der Waals surface area contributed by atoms with E-state index in [1.165, 1.54) is 11.8 Å². The van der Waals surface area contributed by atoms with Gasteiger partial charge in [-0.05, 0) is 12.1 Å². The topological polar surface area (TPSA) is 95.8 Å². The Morgan fingerprint density at radius 1 is 1.35 bits per heavy atom. The Balaban J connectivity index is 2.02. The maximum absolute atomic E-state index is 11.8. The number of carbonyl (C=O) groups is 3. The number of amides is 2. The molecule has 0 bridgehead atoms. The number of rotatable bonds is 3. The Labute approximate surface area is 119 Å². The van der Waals surface area contributed by atoms with Crippen molar-refractivity contribution in [1.29, 1.82) is 0 Å². The molecule has 0 unspecified atom stereocenters. The zero-order valence-corrected chi connectivity index (χ0v) is 11.2. The average molecular weight is 292 g/mol. The van der Waals surface area contributed by atoms with Crippen LogP contribution >= 0.6 is 11.8 Å². The number of carbonyl (C=O) groups excluding carboxylic acids is 2. The zero-order valence-electron chi connectivity index (χ0n) is 10.4. The van der Waals surface area contributed by atoms with Gasteiger partial charge >= 0.3 is 5.97 Å². The number of aliphatic imine (C=N–C) groups is 1. The van der Waals surface area contributed by atoms with Gasteiger partial charge in [0.1, 0.15) is 0 Å². The van der Waals surface area contributed by atoms with Crippen LogP contribution in [-0.4, -0.2) is 33.8 Å². The van der Waals surface area contributed by atoms with E-state index in [-0.39, 0.29) is 11.6 Å². The maximum Gasteiger partial charge on any atom is 0.304 e. The third-order valence-corrected chi connectivity index (χ3v) is 3.70. The number of hydrogen-bond acceptors (Lipinski definition) is 4. The fourth-order valence-corrected chi connectivity index (χ4v) is 2.61. The highest BCUT2D eigenvalue weighted by molar-refractivity contribution is 8.14. The van der Waals surface area contributed by atoms with Crippen molar-refractivity contribution < 1.29 is 19.5 Å². The van der Waals surface area contributed by atoms with Gasteiger partial charge in [0, 0.05) is 11.3 Å². The number of hydrogen-bond donors (Lipinski definition) is 2. The number of aliphatic carboxylic acids is 1. The summed E-state index contributed by atoms with van der Waals surface area (Å²) in [6.45, 7) is 0. The molecule has 0 spiro atoms. The van der Waals surface area contributed by atoms with Crippen LogP contribution < -0.4 is 5.32 Å². The first-order chi connectivity index (χ1) is 9.56. The molecule has 1 fully saturated rings. The summed E-state index contributed by atoms with van der Waals surface area (Å²) in [5, 5.41) is 11.3. The highest BCUT2D eigenvalue weighted by atomic mass is 32.2. The Morgan fingerprint density at radius 3 is 2.65 bits per heavy atom. The van der Waals surface area contributed by atoms with E-state index in [0.29, 0.717) is 11.3 Å². The first kappa shape index (κ1) is 14.3. The molecule has 2 rings (SSSR count). The molecule has 6 nitrogen and oxygen atoms in total. The largest absolute Gasteiger partial charge is 0.481 e. The molecular formula is C13H12N2O4S. The van der Waals surface area contributed by atoms with Crippen LogP contribution in [0.3, 0.4) is 0 Å². The number of nitrogens with one attached hydrogen (secondary N) is 1. The molecule has 0 radical (unpaired) electrons. The Kier molecular flexibility index (Phi) is 4.52. The lowest BCUT2D eigenvalue weighted by Gasteiger charge is -2.20. The molecule has 1 aliphatic heterocycles. The van der Waals surface area contributed by atoms with Crippen LogP contribution in [0.15, 0.2) is 35.3 Å². The Hall–Kier alpha value is -2.15. The standard InChI is InChI=1S/C13H12N2O4S/c16-10(17)6-9-7-20-13(15-12(9)19)14-11(18)8-4-2-1-3-5-8/h1-5,9H,6-7H2,(H,16,17)(H,14,15,18,19)/t9-/m0/s1. The minimum absolute atomic E-state index is 0.213. The average Bonchev–Trinajstić information content (AvgIpc) is 2.42. The second kappa shape index (κ2) is 6.33. The van der Waals surface area contributed by atoms with Gasteiger partial charge in [0.25, 0.3) is 5.91 Å². The molecule has 1 aliphatic rings. The van der Waals surface area contributed by atoms with Crippen molar-refractivity contribution in [3.05, 3.63) is 35.9 Å². The number of carboxylic acid groups (broad SMARTS) is 1. The molecule has 1 heterocycles. The zero-order chi connectivity index (χ0) is 14.5. The lowest BCUT2D eigenvalue weighted by Crippen LogP contribution is -2.41. The molecule has 1 aromatic rings. The smallest absolute Gasteiger partial charge is 0.304 e. The number of benzene rings is 1. The van der Waals surface area contributed by atoms with Crippen molar-refractivity contribution in [2.75, 3.05) is 5.75 Å². The van der Waals surface area contributed by atoms with E-state index in [1.54, 1.807) is 30.3 Å². The predicted octanol–water partition coefficient (Wildman–Crippen LogP) is 1.14. The van der Waals surface area contributed by atoms with Gasteiger partial charge in [-0.3, -0.25) is 14.4 Å². The summed E-state index contributed by atoms with van der Waals surface area (Å²) in [5.74, 6) is -2.16. The molecule has 0 saturated carbocycles. The van der Waals surface area contributed by atoms with Gasteiger partial charge in [-0.2, -0.15) is 4.99 Å². The monoisotopic (exact) mass is 292 g/mol. The lowest BCUT2D eigenvalue weighted by molar-refractivity contribution is -0.140. The van der Waals surface area contributed by atoms with E-state index in [2.05, 4.69) is 10.3 Å². The molecule has 104 valence electrons. The molecule has 0 aliphatic carbocycles. The minimum Gasteiger partial charge on any atom is -0.481 e. The molecule has 1 atom stereocenters. The van der Waals surface area contributed by atoms with E-state index in [9.17, 15) is 14.4 Å². The number of thioether (sulfide) groups is 1. The summed E-state index contributed by atoms with van der Waals surface area (Å²) >= 11 is 1.17. The van der Waals surface area contributed by atoms with Gasteiger partial charge in [-0.1, -0.05) is 30.0 Å². The molecule has 20 heavy (non-hydrogen) atoms. The van der Waals surface area contributed by atoms with Crippen LogP contribution in [0.2, 0.25) is 0 Å². The number of carboxylic acids is 1. The second-order valence-electron chi connectivity index (χ2n) is 4.18.